The van der Waals surface area contributed by atoms with Crippen LogP contribution in [0.25, 0.3) is 0 Å². The van der Waals surface area contributed by atoms with Gasteiger partial charge in [-0.05, 0) is 18.4 Å². The Bertz CT molecular complexity index is 397. The van der Waals surface area contributed by atoms with Crippen molar-refractivity contribution in [3.63, 3.8) is 0 Å². The van der Waals surface area contributed by atoms with Gasteiger partial charge in [0.2, 0.25) is 5.91 Å². The number of ether oxygens (including phenoxy) is 1. The van der Waals surface area contributed by atoms with E-state index < -0.39 is 0 Å². The predicted molar refractivity (Wildman–Crippen MR) is 73.4 cm³/mol. The normalized spacial score (nSPS) is 22.4. The summed E-state index contributed by atoms with van der Waals surface area (Å²) in [6, 6.07) is 10.2. The van der Waals surface area contributed by atoms with Gasteiger partial charge in [-0.25, -0.2) is 10.9 Å². The Morgan fingerprint density at radius 1 is 1.37 bits per heavy atom. The third-order valence-corrected chi connectivity index (χ3v) is 3.25. The van der Waals surface area contributed by atoms with Gasteiger partial charge >= 0.3 is 0 Å². The quantitative estimate of drug-likeness (QED) is 0.663. The number of nitrogens with one attached hydrogen (secondary N) is 3. The molecule has 5 nitrogen and oxygen atoms in total. The first-order valence-electron chi connectivity index (χ1n) is 6.64. The minimum absolute atomic E-state index is 0.0436. The van der Waals surface area contributed by atoms with Crippen molar-refractivity contribution in [1.29, 1.82) is 0 Å². The van der Waals surface area contributed by atoms with Crippen LogP contribution in [0.3, 0.4) is 0 Å². The average Bonchev–Trinajstić information content (AvgIpc) is 2.94. The van der Waals surface area contributed by atoms with Gasteiger partial charge in [0, 0.05) is 26.3 Å². The van der Waals surface area contributed by atoms with E-state index in [-0.39, 0.29) is 18.0 Å². The Labute approximate surface area is 113 Å². The standard InChI is InChI=1S/C14H21N3O2/c1-19-9-5-8-15-14(18)13-10-12(16-17-13)11-6-3-2-4-7-11/h2-4,6-7,12-13,16-17H,5,8-10H2,1H3,(H,15,18). The number of carbonyl (C=O) groups is 1. The molecule has 2 unspecified atom stereocenters. The van der Waals surface area contributed by atoms with E-state index in [0.717, 1.165) is 12.8 Å². The van der Waals surface area contributed by atoms with Crippen LogP contribution in [0.5, 0.6) is 0 Å². The van der Waals surface area contributed by atoms with Crippen molar-refractivity contribution < 1.29 is 9.53 Å². The number of rotatable bonds is 6. The van der Waals surface area contributed by atoms with Crippen LogP contribution in [-0.4, -0.2) is 32.2 Å². The SMILES string of the molecule is COCCCNC(=O)C1CC(c2ccccc2)NN1. The fourth-order valence-corrected chi connectivity index (χ4v) is 2.18. The molecule has 0 bridgehead atoms. The highest BCUT2D eigenvalue weighted by Crippen LogP contribution is 2.21. The fourth-order valence-electron chi connectivity index (χ4n) is 2.18. The van der Waals surface area contributed by atoms with E-state index >= 15 is 0 Å². The molecule has 1 aliphatic heterocycles. The maximum Gasteiger partial charge on any atom is 0.238 e. The lowest BCUT2D eigenvalue weighted by Gasteiger charge is -2.10. The number of hydrogen-bond donors (Lipinski definition) is 3. The van der Waals surface area contributed by atoms with Crippen LogP contribution in [0.2, 0.25) is 0 Å². The molecule has 0 radical (unpaired) electrons. The predicted octanol–water partition coefficient (Wildman–Crippen LogP) is 0.747. The van der Waals surface area contributed by atoms with Gasteiger partial charge in [-0.15, -0.1) is 0 Å². The maximum atomic E-state index is 11.9. The molecule has 1 heterocycles. The highest BCUT2D eigenvalue weighted by atomic mass is 16.5. The summed E-state index contributed by atoms with van der Waals surface area (Å²) in [6.45, 7) is 1.32. The molecule has 1 amide bonds. The fraction of sp³-hybridized carbons (Fsp3) is 0.500. The summed E-state index contributed by atoms with van der Waals surface area (Å²) in [5.74, 6) is 0.0436. The molecule has 104 valence electrons. The highest BCUT2D eigenvalue weighted by Gasteiger charge is 2.29. The topological polar surface area (TPSA) is 62.4 Å². The first-order chi connectivity index (χ1) is 9.31. The third kappa shape index (κ3) is 4.02. The summed E-state index contributed by atoms with van der Waals surface area (Å²) in [5, 5.41) is 2.91. The van der Waals surface area contributed by atoms with Crippen LogP contribution in [0.4, 0.5) is 0 Å². The zero-order valence-electron chi connectivity index (χ0n) is 11.2. The smallest absolute Gasteiger partial charge is 0.238 e. The Morgan fingerprint density at radius 3 is 2.89 bits per heavy atom. The average molecular weight is 263 g/mol. The molecule has 2 rings (SSSR count). The molecule has 0 aromatic heterocycles. The van der Waals surface area contributed by atoms with Crippen molar-refractivity contribution in [3.8, 4) is 0 Å². The first kappa shape index (κ1) is 14.0. The van der Waals surface area contributed by atoms with E-state index in [9.17, 15) is 4.79 Å². The van der Waals surface area contributed by atoms with Crippen LogP contribution in [0.1, 0.15) is 24.4 Å². The van der Waals surface area contributed by atoms with Crippen molar-refractivity contribution in [2.45, 2.75) is 24.9 Å². The lowest BCUT2D eigenvalue weighted by atomic mass is 10.0. The molecule has 1 aliphatic rings. The second kappa shape index (κ2) is 7.23. The van der Waals surface area contributed by atoms with E-state index in [1.54, 1.807) is 7.11 Å². The molecule has 3 N–H and O–H groups in total. The first-order valence-corrected chi connectivity index (χ1v) is 6.64. The number of amides is 1. The minimum atomic E-state index is -0.173. The molecule has 0 saturated carbocycles. The molecule has 2 atom stereocenters. The summed E-state index contributed by atoms with van der Waals surface area (Å²) in [5.41, 5.74) is 7.42. The van der Waals surface area contributed by atoms with Gasteiger partial charge in [-0.3, -0.25) is 4.79 Å². The number of benzene rings is 1. The Hall–Kier alpha value is -1.43. The number of carbonyl (C=O) groups excluding carboxylic acids is 1. The highest BCUT2D eigenvalue weighted by molar-refractivity contribution is 5.82. The molecule has 0 aliphatic carbocycles. The van der Waals surface area contributed by atoms with Gasteiger partial charge in [0.05, 0.1) is 0 Å². The zero-order chi connectivity index (χ0) is 13.5. The third-order valence-electron chi connectivity index (χ3n) is 3.25. The van der Waals surface area contributed by atoms with E-state index in [1.807, 2.05) is 18.2 Å². The molecular weight excluding hydrogens is 242 g/mol. The minimum Gasteiger partial charge on any atom is -0.385 e. The molecule has 1 aromatic rings. The molecule has 5 heteroatoms. The van der Waals surface area contributed by atoms with Crippen LogP contribution in [-0.2, 0) is 9.53 Å². The van der Waals surface area contributed by atoms with E-state index in [0.29, 0.717) is 13.2 Å². The van der Waals surface area contributed by atoms with Crippen molar-refractivity contribution in [1.82, 2.24) is 16.2 Å². The number of methoxy groups -OCH3 is 1. The van der Waals surface area contributed by atoms with Gasteiger partial charge in [-0.1, -0.05) is 30.3 Å². The molecule has 19 heavy (non-hydrogen) atoms. The largest absolute Gasteiger partial charge is 0.385 e. The lowest BCUT2D eigenvalue weighted by molar-refractivity contribution is -0.122. The van der Waals surface area contributed by atoms with Crippen LogP contribution in [0, 0.1) is 0 Å². The Kier molecular flexibility index (Phi) is 5.32. The number of hydrazine groups is 1. The van der Waals surface area contributed by atoms with Gasteiger partial charge in [-0.2, -0.15) is 0 Å². The molecule has 1 saturated heterocycles. The summed E-state index contributed by atoms with van der Waals surface area (Å²) in [7, 11) is 1.66. The molecule has 1 fully saturated rings. The van der Waals surface area contributed by atoms with Gasteiger partial charge in [0.15, 0.2) is 0 Å². The van der Waals surface area contributed by atoms with Gasteiger partial charge < -0.3 is 10.1 Å². The summed E-state index contributed by atoms with van der Waals surface area (Å²) in [4.78, 5) is 11.9. The van der Waals surface area contributed by atoms with Gasteiger partial charge in [0.25, 0.3) is 0 Å². The van der Waals surface area contributed by atoms with Gasteiger partial charge in [0.1, 0.15) is 6.04 Å². The molecule has 1 aromatic carbocycles. The van der Waals surface area contributed by atoms with Crippen molar-refractivity contribution in [2.75, 3.05) is 20.3 Å². The van der Waals surface area contributed by atoms with Crippen molar-refractivity contribution >= 4 is 5.91 Å². The van der Waals surface area contributed by atoms with Crippen LogP contribution in [0.15, 0.2) is 30.3 Å². The van der Waals surface area contributed by atoms with E-state index in [2.05, 4.69) is 28.3 Å². The summed E-state index contributed by atoms with van der Waals surface area (Å²) >= 11 is 0. The van der Waals surface area contributed by atoms with Crippen LogP contribution < -0.4 is 16.2 Å². The number of hydrogen-bond acceptors (Lipinski definition) is 4. The van der Waals surface area contributed by atoms with E-state index in [1.165, 1.54) is 5.56 Å². The second-order valence-electron chi connectivity index (χ2n) is 4.68. The van der Waals surface area contributed by atoms with Crippen molar-refractivity contribution in [3.05, 3.63) is 35.9 Å². The monoisotopic (exact) mass is 263 g/mol. The second-order valence-corrected chi connectivity index (χ2v) is 4.68. The Balaban J connectivity index is 1.77. The van der Waals surface area contributed by atoms with Crippen molar-refractivity contribution in [2.24, 2.45) is 0 Å². The van der Waals surface area contributed by atoms with Crippen LogP contribution >= 0.6 is 0 Å². The zero-order valence-corrected chi connectivity index (χ0v) is 11.2. The summed E-state index contributed by atoms with van der Waals surface area (Å²) < 4.78 is 4.94. The van der Waals surface area contributed by atoms with E-state index in [4.69, 9.17) is 4.74 Å². The molecule has 0 spiro atoms. The Morgan fingerprint density at radius 2 is 2.16 bits per heavy atom. The lowest BCUT2D eigenvalue weighted by Crippen LogP contribution is -2.43. The summed E-state index contributed by atoms with van der Waals surface area (Å²) in [6.07, 6.45) is 1.60. The molecular formula is C14H21N3O2. The maximum absolute atomic E-state index is 11.9.